The van der Waals surface area contributed by atoms with Crippen molar-refractivity contribution < 1.29 is 31.2 Å². The first-order chi connectivity index (χ1) is 16.5. The molecule has 2 aliphatic heterocycles. The van der Waals surface area contributed by atoms with E-state index in [1.165, 1.54) is 41.3 Å². The quantitative estimate of drug-likeness (QED) is 0.648. The Kier molecular flexibility index (Phi) is 7.18. The number of halogens is 3. The van der Waals surface area contributed by atoms with E-state index in [0.29, 0.717) is 43.6 Å². The number of carbonyl (C=O) groups excluding carboxylic acids is 2. The van der Waals surface area contributed by atoms with E-state index in [-0.39, 0.29) is 17.3 Å². The van der Waals surface area contributed by atoms with Gasteiger partial charge in [-0.3, -0.25) is 9.59 Å². The van der Waals surface area contributed by atoms with Crippen molar-refractivity contribution in [3.05, 3.63) is 54.1 Å². The molecule has 2 heterocycles. The van der Waals surface area contributed by atoms with Gasteiger partial charge in [0.15, 0.2) is 0 Å². The summed E-state index contributed by atoms with van der Waals surface area (Å²) in [5, 5.41) is 0. The van der Waals surface area contributed by atoms with Crippen LogP contribution in [-0.2, 0) is 25.8 Å². The average molecular weight is 510 g/mol. The average Bonchev–Trinajstić information content (AvgIpc) is 3.36. The Hall–Kier alpha value is -2.92. The lowest BCUT2D eigenvalue weighted by molar-refractivity contribution is -0.142. The number of alkyl halides is 3. The number of benzene rings is 2. The Labute approximate surface area is 202 Å². The lowest BCUT2D eigenvalue weighted by atomic mass is 10.0. The van der Waals surface area contributed by atoms with Crippen LogP contribution in [-0.4, -0.2) is 62.3 Å². The predicted octanol–water partition coefficient (Wildman–Crippen LogP) is 3.26. The maximum atomic E-state index is 12.9. The third-order valence-corrected chi connectivity index (χ3v) is 7.81. The fourth-order valence-electron chi connectivity index (χ4n) is 4.37. The molecule has 0 unspecified atom stereocenters. The number of hydrogen-bond acceptors (Lipinski definition) is 4. The number of carbonyl (C=O) groups is 2. The Morgan fingerprint density at radius 3 is 2.06 bits per heavy atom. The molecule has 0 saturated carbocycles. The summed E-state index contributed by atoms with van der Waals surface area (Å²) in [4.78, 5) is 28.4. The second-order valence-corrected chi connectivity index (χ2v) is 10.5. The largest absolute Gasteiger partial charge is 0.416 e. The molecule has 2 aliphatic rings. The molecule has 0 aromatic heterocycles. The molecule has 1 atom stereocenters. The van der Waals surface area contributed by atoms with Crippen LogP contribution >= 0.6 is 0 Å². The summed E-state index contributed by atoms with van der Waals surface area (Å²) >= 11 is 0. The summed E-state index contributed by atoms with van der Waals surface area (Å²) < 4.78 is 66.5. The Bertz CT molecular complexity index is 1180. The molecule has 2 aromatic rings. The van der Waals surface area contributed by atoms with Gasteiger partial charge >= 0.3 is 6.18 Å². The van der Waals surface area contributed by atoms with Gasteiger partial charge in [0.1, 0.15) is 6.04 Å². The number of amides is 2. The zero-order valence-corrected chi connectivity index (χ0v) is 19.7. The zero-order chi connectivity index (χ0) is 25.2. The number of rotatable bonds is 6. The maximum Gasteiger partial charge on any atom is 0.416 e. The standard InChI is InChI=1S/C24H26F3N3O4S/c25-24(26,27)19-9-5-17(6-10-19)18-7-11-20(12-8-18)35(33,34)28-21-4-3-15-30(23(21)32)16-22(31)29-13-1-2-14-29/h5-12,21,28H,1-4,13-16H2/t21-/m0/s1. The summed E-state index contributed by atoms with van der Waals surface area (Å²) in [7, 11) is -4.03. The Balaban J connectivity index is 1.41. The van der Waals surface area contributed by atoms with E-state index >= 15 is 0 Å². The van der Waals surface area contributed by atoms with Gasteiger partial charge in [0.05, 0.1) is 17.0 Å². The predicted molar refractivity (Wildman–Crippen MR) is 123 cm³/mol. The van der Waals surface area contributed by atoms with Crippen molar-refractivity contribution in [3.63, 3.8) is 0 Å². The van der Waals surface area contributed by atoms with E-state index in [1.807, 2.05) is 0 Å². The van der Waals surface area contributed by atoms with Gasteiger partial charge < -0.3 is 9.80 Å². The zero-order valence-electron chi connectivity index (χ0n) is 18.9. The highest BCUT2D eigenvalue weighted by atomic mass is 32.2. The SMILES string of the molecule is O=C(CN1CCC[C@H](NS(=O)(=O)c2ccc(-c3ccc(C(F)(F)F)cc3)cc2)C1=O)N1CCCC1. The number of nitrogens with zero attached hydrogens (tertiary/aromatic N) is 2. The van der Waals surface area contributed by atoms with Gasteiger partial charge in [-0.05, 0) is 61.1 Å². The van der Waals surface area contributed by atoms with Crippen LogP contribution in [0.3, 0.4) is 0 Å². The van der Waals surface area contributed by atoms with E-state index in [2.05, 4.69) is 4.72 Å². The minimum Gasteiger partial charge on any atom is -0.341 e. The highest BCUT2D eigenvalue weighted by Crippen LogP contribution is 2.31. The van der Waals surface area contributed by atoms with Gasteiger partial charge in [0.25, 0.3) is 0 Å². The van der Waals surface area contributed by atoms with Crippen molar-refractivity contribution in [2.24, 2.45) is 0 Å². The van der Waals surface area contributed by atoms with Gasteiger partial charge in [-0.1, -0.05) is 24.3 Å². The summed E-state index contributed by atoms with van der Waals surface area (Å²) in [6.07, 6.45) is -1.65. The highest BCUT2D eigenvalue weighted by Gasteiger charge is 2.34. The first kappa shape index (κ1) is 25.2. The van der Waals surface area contributed by atoms with Crippen molar-refractivity contribution in [2.75, 3.05) is 26.2 Å². The lowest BCUT2D eigenvalue weighted by Crippen LogP contribution is -2.54. The molecule has 0 aliphatic carbocycles. The minimum atomic E-state index is -4.43. The second-order valence-electron chi connectivity index (χ2n) is 8.76. The molecule has 2 saturated heterocycles. The Morgan fingerprint density at radius 1 is 0.914 bits per heavy atom. The molecule has 0 bridgehead atoms. The number of sulfonamides is 1. The summed E-state index contributed by atoms with van der Waals surface area (Å²) in [6.45, 7) is 1.70. The third-order valence-electron chi connectivity index (χ3n) is 6.32. The fraction of sp³-hybridized carbons (Fsp3) is 0.417. The van der Waals surface area contributed by atoms with Crippen LogP contribution in [0.2, 0.25) is 0 Å². The van der Waals surface area contributed by atoms with Crippen LogP contribution in [0.15, 0.2) is 53.4 Å². The molecule has 4 rings (SSSR count). The van der Waals surface area contributed by atoms with E-state index in [9.17, 15) is 31.2 Å². The first-order valence-corrected chi connectivity index (χ1v) is 12.9. The topological polar surface area (TPSA) is 86.8 Å². The van der Waals surface area contributed by atoms with Gasteiger partial charge in [0.2, 0.25) is 21.8 Å². The van der Waals surface area contributed by atoms with E-state index in [1.54, 1.807) is 4.90 Å². The molecular weight excluding hydrogens is 483 g/mol. The van der Waals surface area contributed by atoms with Gasteiger partial charge in [-0.15, -0.1) is 0 Å². The highest BCUT2D eigenvalue weighted by molar-refractivity contribution is 7.89. The van der Waals surface area contributed by atoms with Crippen LogP contribution in [0.25, 0.3) is 11.1 Å². The minimum absolute atomic E-state index is 0.0567. The van der Waals surface area contributed by atoms with Crippen molar-refractivity contribution in [2.45, 2.75) is 42.8 Å². The first-order valence-electron chi connectivity index (χ1n) is 11.4. The van der Waals surface area contributed by atoms with Gasteiger partial charge in [0, 0.05) is 19.6 Å². The fourth-order valence-corrected chi connectivity index (χ4v) is 5.59. The smallest absolute Gasteiger partial charge is 0.341 e. The van der Waals surface area contributed by atoms with E-state index < -0.39 is 33.7 Å². The van der Waals surface area contributed by atoms with Gasteiger partial charge in [-0.25, -0.2) is 8.42 Å². The van der Waals surface area contributed by atoms with Crippen molar-refractivity contribution in [3.8, 4) is 11.1 Å². The molecule has 1 N–H and O–H groups in total. The van der Waals surface area contributed by atoms with Crippen molar-refractivity contribution in [1.29, 1.82) is 0 Å². The van der Waals surface area contributed by atoms with Crippen LogP contribution in [0.4, 0.5) is 13.2 Å². The number of likely N-dealkylation sites (tertiary alicyclic amines) is 2. The number of piperidine rings is 1. The molecule has 2 fully saturated rings. The molecule has 188 valence electrons. The molecule has 7 nitrogen and oxygen atoms in total. The molecular formula is C24H26F3N3O4S. The molecule has 35 heavy (non-hydrogen) atoms. The Morgan fingerprint density at radius 2 is 1.49 bits per heavy atom. The second kappa shape index (κ2) is 9.98. The van der Waals surface area contributed by atoms with Crippen LogP contribution < -0.4 is 4.72 Å². The van der Waals surface area contributed by atoms with E-state index in [4.69, 9.17) is 0 Å². The normalized spacial score (nSPS) is 19.3. The van der Waals surface area contributed by atoms with E-state index in [0.717, 1.165) is 25.0 Å². The molecule has 0 spiro atoms. The van der Waals surface area contributed by atoms with Crippen LogP contribution in [0.1, 0.15) is 31.2 Å². The number of nitrogens with one attached hydrogen (secondary N) is 1. The van der Waals surface area contributed by atoms with Crippen molar-refractivity contribution >= 4 is 21.8 Å². The van der Waals surface area contributed by atoms with Crippen molar-refractivity contribution in [1.82, 2.24) is 14.5 Å². The maximum absolute atomic E-state index is 12.9. The molecule has 2 aromatic carbocycles. The molecule has 2 amide bonds. The molecule has 11 heteroatoms. The summed E-state index contributed by atoms with van der Waals surface area (Å²) in [6, 6.07) is 9.31. The van der Waals surface area contributed by atoms with Crippen LogP contribution in [0, 0.1) is 0 Å². The number of hydrogen-bond donors (Lipinski definition) is 1. The third kappa shape index (κ3) is 5.84. The monoisotopic (exact) mass is 509 g/mol. The van der Waals surface area contributed by atoms with Crippen LogP contribution in [0.5, 0.6) is 0 Å². The lowest BCUT2D eigenvalue weighted by Gasteiger charge is -2.33. The van der Waals surface area contributed by atoms with Gasteiger partial charge in [-0.2, -0.15) is 17.9 Å². The molecule has 0 radical (unpaired) electrons. The summed E-state index contributed by atoms with van der Waals surface area (Å²) in [5.41, 5.74) is 0.298. The summed E-state index contributed by atoms with van der Waals surface area (Å²) in [5.74, 6) is -0.549.